The number of rotatable bonds is 4. The highest BCUT2D eigenvalue weighted by atomic mass is 16.2. The zero-order valence-corrected chi connectivity index (χ0v) is 14.0. The standard InChI is InChI=1S/C18H20N6O/c1-3-5-6-15(4-2)24-12-16(17(19)22-24)21-18(25)23-10-13-7-8-20-9-14(13)11-23/h3-9,12H,2,10-11H2,1H3,(H2,19,22)(H,21,25)/b5-3-,15-6+. The summed E-state index contributed by atoms with van der Waals surface area (Å²) in [7, 11) is 0. The number of carbonyl (C=O) groups excluding carboxylic acids is 1. The van der Waals surface area contributed by atoms with Crippen molar-refractivity contribution in [1.82, 2.24) is 19.7 Å². The molecule has 128 valence electrons. The van der Waals surface area contributed by atoms with E-state index in [0.717, 1.165) is 16.8 Å². The lowest BCUT2D eigenvalue weighted by atomic mass is 10.2. The van der Waals surface area contributed by atoms with E-state index in [4.69, 9.17) is 5.73 Å². The average Bonchev–Trinajstić information content (AvgIpc) is 3.20. The van der Waals surface area contributed by atoms with Gasteiger partial charge in [0.05, 0.1) is 11.9 Å². The van der Waals surface area contributed by atoms with Crippen molar-refractivity contribution in [2.75, 3.05) is 11.1 Å². The number of allylic oxidation sites excluding steroid dienone is 5. The lowest BCUT2D eigenvalue weighted by Crippen LogP contribution is -2.30. The maximum absolute atomic E-state index is 12.5. The third kappa shape index (κ3) is 3.45. The molecule has 0 aromatic carbocycles. The summed E-state index contributed by atoms with van der Waals surface area (Å²) in [5.41, 5.74) is 9.33. The van der Waals surface area contributed by atoms with Crippen LogP contribution in [0.2, 0.25) is 0 Å². The number of urea groups is 1. The Balaban J connectivity index is 1.74. The molecule has 3 N–H and O–H groups in total. The number of fused-ring (bicyclic) bond motifs is 1. The maximum atomic E-state index is 12.5. The van der Waals surface area contributed by atoms with E-state index < -0.39 is 0 Å². The second kappa shape index (κ2) is 7.04. The van der Waals surface area contributed by atoms with Crippen LogP contribution in [0.25, 0.3) is 5.70 Å². The quantitative estimate of drug-likeness (QED) is 0.840. The van der Waals surface area contributed by atoms with Crippen molar-refractivity contribution >= 4 is 23.2 Å². The average molecular weight is 336 g/mol. The van der Waals surface area contributed by atoms with Crippen LogP contribution in [0.15, 0.2) is 55.5 Å². The fourth-order valence-electron chi connectivity index (χ4n) is 2.61. The molecule has 0 spiro atoms. The van der Waals surface area contributed by atoms with Gasteiger partial charge in [-0.1, -0.05) is 18.7 Å². The normalized spacial score (nSPS) is 14.0. The molecule has 0 bridgehead atoms. The molecular weight excluding hydrogens is 316 g/mol. The van der Waals surface area contributed by atoms with Crippen LogP contribution in [0.3, 0.4) is 0 Å². The predicted octanol–water partition coefficient (Wildman–Crippen LogP) is 3.01. The SMILES string of the molecule is C=C/C(=C\C=C/C)n1cc(NC(=O)N2Cc3ccncc3C2)c(N)n1. The summed E-state index contributed by atoms with van der Waals surface area (Å²) in [5, 5.41) is 7.05. The number of aromatic nitrogens is 3. The van der Waals surface area contributed by atoms with Crippen LogP contribution >= 0.6 is 0 Å². The predicted molar refractivity (Wildman–Crippen MR) is 98.4 cm³/mol. The summed E-state index contributed by atoms with van der Waals surface area (Å²) in [6, 6.07) is 1.71. The van der Waals surface area contributed by atoms with Gasteiger partial charge >= 0.3 is 6.03 Å². The van der Waals surface area contributed by atoms with Gasteiger partial charge in [-0.05, 0) is 36.3 Å². The third-order valence-electron chi connectivity index (χ3n) is 3.93. The molecule has 1 aliphatic rings. The number of nitrogens with zero attached hydrogens (tertiary/aromatic N) is 4. The smallest absolute Gasteiger partial charge is 0.322 e. The van der Waals surface area contributed by atoms with Crippen LogP contribution in [0.1, 0.15) is 18.1 Å². The minimum Gasteiger partial charge on any atom is -0.380 e. The summed E-state index contributed by atoms with van der Waals surface area (Å²) >= 11 is 0. The van der Waals surface area contributed by atoms with Gasteiger partial charge in [0.2, 0.25) is 0 Å². The van der Waals surface area contributed by atoms with Crippen LogP contribution in [-0.4, -0.2) is 25.7 Å². The largest absolute Gasteiger partial charge is 0.380 e. The summed E-state index contributed by atoms with van der Waals surface area (Å²) in [6.45, 7) is 6.77. The molecule has 0 unspecified atom stereocenters. The van der Waals surface area contributed by atoms with Crippen molar-refractivity contribution in [3.05, 3.63) is 66.7 Å². The molecule has 0 saturated carbocycles. The van der Waals surface area contributed by atoms with Crippen LogP contribution in [-0.2, 0) is 13.1 Å². The maximum Gasteiger partial charge on any atom is 0.322 e. The van der Waals surface area contributed by atoms with Gasteiger partial charge in [-0.25, -0.2) is 9.48 Å². The van der Waals surface area contributed by atoms with Crippen LogP contribution in [0.4, 0.5) is 16.3 Å². The molecule has 0 saturated heterocycles. The van der Waals surface area contributed by atoms with Gasteiger partial charge in [-0.3, -0.25) is 4.98 Å². The fraction of sp³-hybridized carbons (Fsp3) is 0.167. The Labute approximate surface area is 146 Å². The van der Waals surface area contributed by atoms with E-state index in [1.165, 1.54) is 0 Å². The Kier molecular flexibility index (Phi) is 4.65. The van der Waals surface area contributed by atoms with E-state index >= 15 is 0 Å². The number of amides is 2. The van der Waals surface area contributed by atoms with Crippen molar-refractivity contribution in [2.45, 2.75) is 20.0 Å². The van der Waals surface area contributed by atoms with E-state index in [2.05, 4.69) is 22.0 Å². The second-order valence-electron chi connectivity index (χ2n) is 5.62. The van der Waals surface area contributed by atoms with Gasteiger partial charge in [0, 0.05) is 25.5 Å². The zero-order chi connectivity index (χ0) is 17.8. The lowest BCUT2D eigenvalue weighted by Gasteiger charge is -2.15. The van der Waals surface area contributed by atoms with E-state index in [1.54, 1.807) is 34.2 Å². The molecule has 3 heterocycles. The Bertz CT molecular complexity index is 839. The Hall–Kier alpha value is -3.35. The van der Waals surface area contributed by atoms with E-state index in [0.29, 0.717) is 18.8 Å². The van der Waals surface area contributed by atoms with Crippen molar-refractivity contribution in [1.29, 1.82) is 0 Å². The molecule has 1 aliphatic heterocycles. The highest BCUT2D eigenvalue weighted by Gasteiger charge is 2.24. The summed E-state index contributed by atoms with van der Waals surface area (Å²) in [4.78, 5) is 18.3. The monoisotopic (exact) mass is 336 g/mol. The van der Waals surface area contributed by atoms with Gasteiger partial charge in [-0.15, -0.1) is 5.10 Å². The molecule has 2 aromatic heterocycles. The first-order valence-corrected chi connectivity index (χ1v) is 7.91. The van der Waals surface area contributed by atoms with Crippen LogP contribution < -0.4 is 11.1 Å². The highest BCUT2D eigenvalue weighted by Crippen LogP contribution is 2.24. The number of hydrogen-bond acceptors (Lipinski definition) is 4. The number of anilines is 2. The third-order valence-corrected chi connectivity index (χ3v) is 3.93. The molecule has 0 atom stereocenters. The number of carbonyl (C=O) groups is 1. The number of nitrogens with two attached hydrogens (primary N) is 1. The molecule has 0 fully saturated rings. The van der Waals surface area contributed by atoms with Crippen LogP contribution in [0.5, 0.6) is 0 Å². The van der Waals surface area contributed by atoms with Crippen molar-refractivity contribution < 1.29 is 4.79 Å². The molecule has 0 radical (unpaired) electrons. The van der Waals surface area contributed by atoms with Gasteiger partial charge in [0.15, 0.2) is 5.82 Å². The first kappa shape index (κ1) is 16.5. The van der Waals surface area contributed by atoms with E-state index in [1.807, 2.05) is 31.2 Å². The fourth-order valence-corrected chi connectivity index (χ4v) is 2.61. The second-order valence-corrected chi connectivity index (χ2v) is 5.62. The van der Waals surface area contributed by atoms with Crippen molar-refractivity contribution in [3.63, 3.8) is 0 Å². The van der Waals surface area contributed by atoms with Gasteiger partial charge in [-0.2, -0.15) is 0 Å². The molecule has 25 heavy (non-hydrogen) atoms. The molecule has 2 amide bonds. The van der Waals surface area contributed by atoms with Crippen LogP contribution in [0, 0.1) is 0 Å². The molecular formula is C18H20N6O. The minimum atomic E-state index is -0.222. The van der Waals surface area contributed by atoms with Gasteiger partial charge < -0.3 is 16.0 Å². The summed E-state index contributed by atoms with van der Waals surface area (Å²) in [5.74, 6) is 0.250. The zero-order valence-electron chi connectivity index (χ0n) is 14.0. The Morgan fingerprint density at radius 3 is 2.92 bits per heavy atom. The molecule has 3 rings (SSSR count). The number of nitrogen functional groups attached to an aromatic ring is 1. The lowest BCUT2D eigenvalue weighted by molar-refractivity contribution is 0.212. The van der Waals surface area contributed by atoms with Crippen molar-refractivity contribution in [2.24, 2.45) is 0 Å². The Morgan fingerprint density at radius 2 is 2.20 bits per heavy atom. The molecule has 0 aliphatic carbocycles. The number of nitrogens with one attached hydrogen (secondary N) is 1. The van der Waals surface area contributed by atoms with Gasteiger partial charge in [0.25, 0.3) is 0 Å². The number of pyridine rings is 1. The molecule has 2 aromatic rings. The topological polar surface area (TPSA) is 89.1 Å². The summed E-state index contributed by atoms with van der Waals surface area (Å²) in [6.07, 6.45) is 12.5. The highest BCUT2D eigenvalue weighted by molar-refractivity contribution is 5.92. The van der Waals surface area contributed by atoms with Crippen molar-refractivity contribution in [3.8, 4) is 0 Å². The Morgan fingerprint density at radius 1 is 1.40 bits per heavy atom. The first-order valence-electron chi connectivity index (χ1n) is 7.91. The van der Waals surface area contributed by atoms with E-state index in [9.17, 15) is 4.79 Å². The molecule has 7 nitrogen and oxygen atoms in total. The van der Waals surface area contributed by atoms with Gasteiger partial charge in [0.1, 0.15) is 5.69 Å². The van der Waals surface area contributed by atoms with E-state index in [-0.39, 0.29) is 11.8 Å². The minimum absolute atomic E-state index is 0.222. The summed E-state index contributed by atoms with van der Waals surface area (Å²) < 4.78 is 1.58. The number of hydrogen-bond donors (Lipinski definition) is 2. The first-order chi connectivity index (χ1) is 12.1. The molecule has 7 heteroatoms.